The fourth-order valence-electron chi connectivity index (χ4n) is 2.56. The Labute approximate surface area is 116 Å². The van der Waals surface area contributed by atoms with Crippen LogP contribution in [0, 0.1) is 0 Å². The summed E-state index contributed by atoms with van der Waals surface area (Å²) in [5.74, 6) is -0.0657. The molecule has 1 aliphatic heterocycles. The summed E-state index contributed by atoms with van der Waals surface area (Å²) in [6.45, 7) is 1.68. The van der Waals surface area contributed by atoms with E-state index >= 15 is 0 Å². The van der Waals surface area contributed by atoms with Crippen LogP contribution in [0.15, 0.2) is 42.6 Å². The fraction of sp³-hybridized carbons (Fsp3) is 0.267. The molecule has 0 bridgehead atoms. The molecule has 1 saturated heterocycles. The zero-order valence-corrected chi connectivity index (χ0v) is 10.9. The van der Waals surface area contributed by atoms with Gasteiger partial charge in [-0.15, -0.1) is 0 Å². The van der Waals surface area contributed by atoms with Crippen molar-refractivity contribution >= 4 is 11.9 Å². The van der Waals surface area contributed by atoms with E-state index in [1.807, 2.05) is 23.1 Å². The maximum Gasteiger partial charge on any atom is 0.354 e. The number of carboxylic acids is 1. The van der Waals surface area contributed by atoms with Gasteiger partial charge in [0.1, 0.15) is 0 Å². The van der Waals surface area contributed by atoms with Crippen LogP contribution in [-0.4, -0.2) is 34.1 Å². The summed E-state index contributed by atoms with van der Waals surface area (Å²) in [5.41, 5.74) is 1.35. The first-order valence-corrected chi connectivity index (χ1v) is 6.60. The number of hydrogen-bond acceptors (Lipinski definition) is 4. The van der Waals surface area contributed by atoms with Gasteiger partial charge >= 0.3 is 5.97 Å². The van der Waals surface area contributed by atoms with E-state index in [1.54, 1.807) is 0 Å². The van der Waals surface area contributed by atoms with Crippen LogP contribution >= 0.6 is 0 Å². The molecule has 3 rings (SSSR count). The number of hydrogen-bond donors (Lipinski definition) is 1. The minimum atomic E-state index is -1.02. The lowest BCUT2D eigenvalue weighted by atomic mass is 9.99. The first-order chi connectivity index (χ1) is 9.74. The van der Waals surface area contributed by atoms with Crippen LogP contribution in [0.5, 0.6) is 0 Å². The summed E-state index contributed by atoms with van der Waals surface area (Å²) >= 11 is 0. The molecule has 1 atom stereocenters. The molecule has 1 N–H and O–H groups in total. The Morgan fingerprint density at radius 2 is 2.05 bits per heavy atom. The van der Waals surface area contributed by atoms with Crippen molar-refractivity contribution in [2.75, 3.05) is 18.0 Å². The van der Waals surface area contributed by atoms with Crippen molar-refractivity contribution in [2.45, 2.75) is 12.3 Å². The van der Waals surface area contributed by atoms with Gasteiger partial charge in [-0.2, -0.15) is 0 Å². The maximum atomic E-state index is 10.9. The third-order valence-electron chi connectivity index (χ3n) is 3.60. The zero-order valence-electron chi connectivity index (χ0n) is 10.9. The molecule has 1 aliphatic rings. The van der Waals surface area contributed by atoms with E-state index in [1.165, 1.54) is 17.8 Å². The SMILES string of the molecule is O=C(O)c1ccnc(N2CCC(c3ccccc3)C2)n1. The predicted molar refractivity (Wildman–Crippen MR) is 75.0 cm³/mol. The summed E-state index contributed by atoms with van der Waals surface area (Å²) in [6.07, 6.45) is 2.53. The largest absolute Gasteiger partial charge is 0.477 e. The van der Waals surface area contributed by atoms with E-state index in [4.69, 9.17) is 5.11 Å². The van der Waals surface area contributed by atoms with Crippen molar-refractivity contribution in [3.05, 3.63) is 53.9 Å². The van der Waals surface area contributed by atoms with Crippen LogP contribution < -0.4 is 4.90 Å². The van der Waals surface area contributed by atoms with Crippen molar-refractivity contribution < 1.29 is 9.90 Å². The molecule has 2 heterocycles. The summed E-state index contributed by atoms with van der Waals surface area (Å²) in [7, 11) is 0. The van der Waals surface area contributed by atoms with Crippen LogP contribution in [0.4, 0.5) is 5.95 Å². The van der Waals surface area contributed by atoms with E-state index in [2.05, 4.69) is 22.1 Å². The number of aromatic nitrogens is 2. The van der Waals surface area contributed by atoms with Crippen LogP contribution in [0.3, 0.4) is 0 Å². The van der Waals surface area contributed by atoms with Crippen LogP contribution in [0.1, 0.15) is 28.4 Å². The third kappa shape index (κ3) is 2.47. The van der Waals surface area contributed by atoms with Gasteiger partial charge in [0.25, 0.3) is 0 Å². The van der Waals surface area contributed by atoms with Gasteiger partial charge in [-0.3, -0.25) is 0 Å². The van der Waals surface area contributed by atoms with Gasteiger partial charge in [-0.25, -0.2) is 14.8 Å². The highest BCUT2D eigenvalue weighted by molar-refractivity contribution is 5.85. The molecule has 5 heteroatoms. The van der Waals surface area contributed by atoms with E-state index in [0.29, 0.717) is 11.9 Å². The Bertz CT molecular complexity index is 616. The number of benzene rings is 1. The molecule has 102 valence electrons. The van der Waals surface area contributed by atoms with E-state index in [9.17, 15) is 4.79 Å². The molecule has 1 fully saturated rings. The number of rotatable bonds is 3. The first-order valence-electron chi connectivity index (χ1n) is 6.60. The van der Waals surface area contributed by atoms with Crippen LogP contribution in [0.2, 0.25) is 0 Å². The number of nitrogens with zero attached hydrogens (tertiary/aromatic N) is 3. The fourth-order valence-corrected chi connectivity index (χ4v) is 2.56. The second-order valence-corrected chi connectivity index (χ2v) is 4.89. The average molecular weight is 269 g/mol. The average Bonchev–Trinajstić information content (AvgIpc) is 2.98. The number of aromatic carboxylic acids is 1. The van der Waals surface area contributed by atoms with Gasteiger partial charge in [0.05, 0.1) is 0 Å². The molecular formula is C15H15N3O2. The third-order valence-corrected chi connectivity index (χ3v) is 3.60. The topological polar surface area (TPSA) is 66.3 Å². The van der Waals surface area contributed by atoms with E-state index in [-0.39, 0.29) is 5.69 Å². The smallest absolute Gasteiger partial charge is 0.354 e. The quantitative estimate of drug-likeness (QED) is 0.925. The molecule has 1 aromatic heterocycles. The van der Waals surface area contributed by atoms with Gasteiger partial charge in [0, 0.05) is 25.2 Å². The van der Waals surface area contributed by atoms with Gasteiger partial charge in [0.2, 0.25) is 5.95 Å². The van der Waals surface area contributed by atoms with Gasteiger partial charge in [-0.05, 0) is 18.1 Å². The summed E-state index contributed by atoms with van der Waals surface area (Å²) in [5, 5.41) is 8.97. The van der Waals surface area contributed by atoms with Crippen molar-refractivity contribution in [2.24, 2.45) is 0 Å². The van der Waals surface area contributed by atoms with Crippen molar-refractivity contribution in [3.8, 4) is 0 Å². The number of carboxylic acid groups (broad SMARTS) is 1. The molecule has 5 nitrogen and oxygen atoms in total. The van der Waals surface area contributed by atoms with Crippen LogP contribution in [0.25, 0.3) is 0 Å². The van der Waals surface area contributed by atoms with E-state index in [0.717, 1.165) is 19.5 Å². The molecule has 1 aromatic carbocycles. The predicted octanol–water partition coefficient (Wildman–Crippen LogP) is 2.17. The molecule has 0 saturated carbocycles. The Morgan fingerprint density at radius 1 is 1.25 bits per heavy atom. The molecule has 1 unspecified atom stereocenters. The Balaban J connectivity index is 1.77. The summed E-state index contributed by atoms with van der Waals surface area (Å²) in [6, 6.07) is 11.8. The molecule has 0 amide bonds. The van der Waals surface area contributed by atoms with E-state index < -0.39 is 5.97 Å². The lowest BCUT2D eigenvalue weighted by molar-refractivity contribution is 0.0690. The molecule has 0 aliphatic carbocycles. The second-order valence-electron chi connectivity index (χ2n) is 4.89. The van der Waals surface area contributed by atoms with Gasteiger partial charge < -0.3 is 10.0 Å². The Kier molecular flexibility index (Phi) is 3.33. The zero-order chi connectivity index (χ0) is 13.9. The summed E-state index contributed by atoms with van der Waals surface area (Å²) < 4.78 is 0. The highest BCUT2D eigenvalue weighted by Gasteiger charge is 2.25. The normalized spacial score (nSPS) is 18.2. The van der Waals surface area contributed by atoms with Crippen molar-refractivity contribution in [3.63, 3.8) is 0 Å². The van der Waals surface area contributed by atoms with Gasteiger partial charge in [0.15, 0.2) is 5.69 Å². The minimum absolute atomic E-state index is 0.0400. The molecular weight excluding hydrogens is 254 g/mol. The second kappa shape index (κ2) is 5.28. The molecule has 2 aromatic rings. The lowest BCUT2D eigenvalue weighted by Gasteiger charge is -2.16. The molecule has 0 spiro atoms. The van der Waals surface area contributed by atoms with Gasteiger partial charge in [-0.1, -0.05) is 30.3 Å². The Hall–Kier alpha value is -2.43. The van der Waals surface area contributed by atoms with Crippen LogP contribution in [-0.2, 0) is 0 Å². The monoisotopic (exact) mass is 269 g/mol. The standard InChI is InChI=1S/C15H15N3O2/c19-14(20)13-6-8-16-15(17-13)18-9-7-12(10-18)11-4-2-1-3-5-11/h1-6,8,12H,7,9-10H2,(H,19,20). The summed E-state index contributed by atoms with van der Waals surface area (Å²) in [4.78, 5) is 21.3. The number of anilines is 1. The van der Waals surface area contributed by atoms with Crippen molar-refractivity contribution in [1.82, 2.24) is 9.97 Å². The number of carbonyl (C=O) groups is 1. The highest BCUT2D eigenvalue weighted by atomic mass is 16.4. The maximum absolute atomic E-state index is 10.9. The molecule has 20 heavy (non-hydrogen) atoms. The molecule has 0 radical (unpaired) electrons. The highest BCUT2D eigenvalue weighted by Crippen LogP contribution is 2.28. The lowest BCUT2D eigenvalue weighted by Crippen LogP contribution is -2.22. The van der Waals surface area contributed by atoms with Crippen molar-refractivity contribution in [1.29, 1.82) is 0 Å². The first kappa shape index (κ1) is 12.6. The minimum Gasteiger partial charge on any atom is -0.477 e. The Morgan fingerprint density at radius 3 is 2.80 bits per heavy atom.